The number of carbonyl (C=O) groups is 2. The van der Waals surface area contributed by atoms with Crippen molar-refractivity contribution in [2.24, 2.45) is 0 Å². The van der Waals surface area contributed by atoms with Gasteiger partial charge in [0.15, 0.2) is 0 Å². The van der Waals surface area contributed by atoms with Crippen LogP contribution in [0.15, 0.2) is 42.5 Å². The summed E-state index contributed by atoms with van der Waals surface area (Å²) in [5.41, 5.74) is 2.09. The Hall–Kier alpha value is -2.68. The number of fused-ring (bicyclic) bond motifs is 1. The molecule has 1 atom stereocenters. The first-order valence-electron chi connectivity index (χ1n) is 8.18. The molecule has 1 heterocycles. The Bertz CT molecular complexity index is 1090. The summed E-state index contributed by atoms with van der Waals surface area (Å²) in [6.45, 7) is 1.71. The maximum absolute atomic E-state index is 13.1. The van der Waals surface area contributed by atoms with E-state index in [-0.39, 0.29) is 12.3 Å². The van der Waals surface area contributed by atoms with Crippen molar-refractivity contribution in [3.63, 3.8) is 0 Å². The van der Waals surface area contributed by atoms with Crippen molar-refractivity contribution in [1.29, 1.82) is 0 Å². The van der Waals surface area contributed by atoms with Crippen LogP contribution >= 0.6 is 11.6 Å². The highest BCUT2D eigenvalue weighted by Gasteiger charge is 2.22. The second kappa shape index (κ2) is 8.14. The van der Waals surface area contributed by atoms with Gasteiger partial charge in [0.2, 0.25) is 5.91 Å². The van der Waals surface area contributed by atoms with Crippen molar-refractivity contribution in [3.8, 4) is 5.75 Å². The summed E-state index contributed by atoms with van der Waals surface area (Å²) in [6, 6.07) is 11.6. The van der Waals surface area contributed by atoms with Gasteiger partial charge < -0.3 is 9.29 Å². The van der Waals surface area contributed by atoms with Crippen LogP contribution in [0.4, 0.5) is 0 Å². The van der Waals surface area contributed by atoms with Crippen LogP contribution in [0.5, 0.6) is 5.75 Å². The van der Waals surface area contributed by atoms with Crippen LogP contribution in [-0.4, -0.2) is 32.3 Å². The van der Waals surface area contributed by atoms with E-state index in [1.807, 2.05) is 4.72 Å². The molecule has 0 saturated carbocycles. The van der Waals surface area contributed by atoms with Gasteiger partial charge in [-0.1, -0.05) is 11.6 Å². The number of aromatic nitrogens is 1. The minimum Gasteiger partial charge on any atom is -0.755 e. The van der Waals surface area contributed by atoms with Gasteiger partial charge in [0.1, 0.15) is 5.75 Å². The number of hydrogen-bond donors (Lipinski definition) is 1. The molecule has 1 aromatic heterocycles. The number of benzene rings is 2. The van der Waals surface area contributed by atoms with Crippen LogP contribution in [0.3, 0.4) is 0 Å². The Labute approximate surface area is 168 Å². The van der Waals surface area contributed by atoms with Crippen LogP contribution in [0.1, 0.15) is 21.6 Å². The molecule has 0 aliphatic heterocycles. The lowest BCUT2D eigenvalue weighted by molar-refractivity contribution is -0.118. The van der Waals surface area contributed by atoms with Crippen LogP contribution < -0.4 is 9.46 Å². The third-order valence-corrected chi connectivity index (χ3v) is 5.02. The highest BCUT2D eigenvalue weighted by Crippen LogP contribution is 2.30. The molecule has 0 saturated heterocycles. The zero-order valence-corrected chi connectivity index (χ0v) is 16.6. The zero-order valence-electron chi connectivity index (χ0n) is 15.0. The number of methoxy groups -OCH3 is 1. The van der Waals surface area contributed by atoms with Crippen molar-refractivity contribution >= 4 is 45.6 Å². The second-order valence-electron chi connectivity index (χ2n) is 6.03. The predicted molar refractivity (Wildman–Crippen MR) is 105 cm³/mol. The van der Waals surface area contributed by atoms with Crippen molar-refractivity contribution < 1.29 is 23.1 Å². The molecule has 1 unspecified atom stereocenters. The second-order valence-corrected chi connectivity index (χ2v) is 7.14. The normalized spacial score (nSPS) is 12.0. The van der Waals surface area contributed by atoms with Crippen molar-refractivity contribution in [3.05, 3.63) is 64.3 Å². The third kappa shape index (κ3) is 3.94. The molecule has 7 nitrogen and oxygen atoms in total. The Morgan fingerprint density at radius 1 is 1.21 bits per heavy atom. The molecule has 1 N–H and O–H groups in total. The lowest BCUT2D eigenvalue weighted by atomic mass is 10.1. The first-order valence-corrected chi connectivity index (χ1v) is 9.64. The maximum Gasteiger partial charge on any atom is 0.262 e. The van der Waals surface area contributed by atoms with Crippen LogP contribution in [0, 0.1) is 6.92 Å². The first-order chi connectivity index (χ1) is 13.3. The van der Waals surface area contributed by atoms with Crippen LogP contribution in [-0.2, 0) is 22.5 Å². The SMILES string of the molecule is COc1ccc2c(c1)c(CC(=O)NS(=O)[O-])c(C)n2C(=O)c1ccc(Cl)cc1. The van der Waals surface area contributed by atoms with Crippen molar-refractivity contribution in [2.45, 2.75) is 13.3 Å². The summed E-state index contributed by atoms with van der Waals surface area (Å²) in [6.07, 6.45) is -0.204. The molecule has 0 fully saturated rings. The Balaban J connectivity index is 2.16. The Morgan fingerprint density at radius 2 is 1.89 bits per heavy atom. The van der Waals surface area contributed by atoms with E-state index >= 15 is 0 Å². The molecular weight excluding hydrogens is 404 g/mol. The lowest BCUT2D eigenvalue weighted by Gasteiger charge is -2.09. The van der Waals surface area contributed by atoms with E-state index in [2.05, 4.69) is 0 Å². The topological polar surface area (TPSA) is 100 Å². The van der Waals surface area contributed by atoms with E-state index in [4.69, 9.17) is 16.3 Å². The van der Waals surface area contributed by atoms with Crippen LogP contribution in [0.2, 0.25) is 5.02 Å². The van der Waals surface area contributed by atoms with E-state index in [0.29, 0.717) is 38.5 Å². The van der Waals surface area contributed by atoms with E-state index in [1.165, 1.54) is 11.7 Å². The summed E-state index contributed by atoms with van der Waals surface area (Å²) in [7, 11) is 1.51. The molecule has 0 aliphatic carbocycles. The standard InChI is InChI=1S/C19H17ClN2O5S/c1-11-15(10-18(23)21-28(25)26)16-9-14(27-2)7-8-17(16)22(11)19(24)12-3-5-13(20)6-4-12/h3-9H,10H2,1-2H3,(H,21,23)(H,25,26)/p-1. The molecule has 3 aromatic rings. The summed E-state index contributed by atoms with van der Waals surface area (Å²) >= 11 is 3.19. The van der Waals surface area contributed by atoms with Crippen molar-refractivity contribution in [2.75, 3.05) is 7.11 Å². The lowest BCUT2D eigenvalue weighted by Crippen LogP contribution is -2.27. The molecule has 0 spiro atoms. The quantitative estimate of drug-likeness (QED) is 0.641. The molecule has 146 valence electrons. The Kier molecular flexibility index (Phi) is 5.83. The van der Waals surface area contributed by atoms with Gasteiger partial charge in [-0.15, -0.1) is 0 Å². The highest BCUT2D eigenvalue weighted by atomic mass is 35.5. The first kappa shape index (κ1) is 20.1. The van der Waals surface area contributed by atoms with E-state index in [0.717, 1.165) is 0 Å². The minimum absolute atomic E-state index is 0.204. The largest absolute Gasteiger partial charge is 0.755 e. The number of amides is 1. The van der Waals surface area contributed by atoms with E-state index in [1.54, 1.807) is 49.4 Å². The van der Waals surface area contributed by atoms with E-state index < -0.39 is 17.2 Å². The molecule has 0 aliphatic rings. The number of ether oxygens (including phenoxy) is 1. The highest BCUT2D eigenvalue weighted by molar-refractivity contribution is 7.77. The monoisotopic (exact) mass is 419 g/mol. The molecule has 2 aromatic carbocycles. The van der Waals surface area contributed by atoms with Gasteiger partial charge in [-0.05, 0) is 55.0 Å². The summed E-state index contributed by atoms with van der Waals surface area (Å²) in [5.74, 6) is -0.432. The fraction of sp³-hybridized carbons (Fsp3) is 0.158. The summed E-state index contributed by atoms with van der Waals surface area (Å²) in [5, 5.41) is 1.14. The number of rotatable bonds is 5. The van der Waals surface area contributed by atoms with Gasteiger partial charge in [0, 0.05) is 32.9 Å². The smallest absolute Gasteiger partial charge is 0.262 e. The molecule has 0 radical (unpaired) electrons. The number of nitrogens with one attached hydrogen (secondary N) is 1. The zero-order chi connectivity index (χ0) is 20.4. The number of hydrogen-bond acceptors (Lipinski definition) is 5. The predicted octanol–water partition coefficient (Wildman–Crippen LogP) is 2.75. The molecule has 1 amide bonds. The number of halogens is 1. The van der Waals surface area contributed by atoms with Crippen molar-refractivity contribution in [1.82, 2.24) is 9.29 Å². The van der Waals surface area contributed by atoms with Gasteiger partial charge in [-0.3, -0.25) is 23.1 Å². The minimum atomic E-state index is -2.71. The molecule has 3 rings (SSSR count). The summed E-state index contributed by atoms with van der Waals surface area (Å²) in [4.78, 5) is 25.1. The van der Waals surface area contributed by atoms with Gasteiger partial charge in [0.25, 0.3) is 5.91 Å². The van der Waals surface area contributed by atoms with Gasteiger partial charge >= 0.3 is 0 Å². The summed E-state index contributed by atoms with van der Waals surface area (Å²) < 4.78 is 30.1. The van der Waals surface area contributed by atoms with Crippen LogP contribution in [0.25, 0.3) is 10.9 Å². The molecule has 0 bridgehead atoms. The maximum atomic E-state index is 13.1. The fourth-order valence-electron chi connectivity index (χ4n) is 3.09. The Morgan fingerprint density at radius 3 is 2.50 bits per heavy atom. The van der Waals surface area contributed by atoms with Gasteiger partial charge in [0.05, 0.1) is 19.0 Å². The third-order valence-electron chi connectivity index (χ3n) is 4.37. The number of carbonyl (C=O) groups excluding carboxylic acids is 2. The molecular formula is C19H16ClN2O5S-. The average molecular weight is 420 g/mol. The van der Waals surface area contributed by atoms with E-state index in [9.17, 15) is 18.4 Å². The number of nitrogens with zero attached hydrogens (tertiary/aromatic N) is 1. The fourth-order valence-corrected chi connectivity index (χ4v) is 3.47. The molecule has 9 heteroatoms. The van der Waals surface area contributed by atoms with Gasteiger partial charge in [-0.25, -0.2) is 0 Å². The van der Waals surface area contributed by atoms with Gasteiger partial charge in [-0.2, -0.15) is 0 Å². The molecule has 28 heavy (non-hydrogen) atoms. The average Bonchev–Trinajstić information content (AvgIpc) is 2.92.